The van der Waals surface area contributed by atoms with E-state index in [1.54, 1.807) is 18.2 Å². The first-order chi connectivity index (χ1) is 19.3. The quantitative estimate of drug-likeness (QED) is 0.208. The molecule has 6 aromatic carbocycles. The number of hydrogen-bond donors (Lipinski definition) is 0. The molecule has 0 radical (unpaired) electrons. The molecule has 1 aliphatic rings. The van der Waals surface area contributed by atoms with Gasteiger partial charge in [-0.1, -0.05) is 97.1 Å². The highest BCUT2D eigenvalue weighted by molar-refractivity contribution is 7.92. The molecule has 0 saturated carbocycles. The molecule has 0 aromatic heterocycles. The van der Waals surface area contributed by atoms with Gasteiger partial charge in [0.05, 0.1) is 16.9 Å². The number of hydrogen-bond acceptors (Lipinski definition) is 5. The maximum atomic E-state index is 14.3. The SMILES string of the molecule is COS(=O)(=O)c1c(-c2ccccc2)cc2ccccc2c1-c1c2c(cc3ccccc13)-c1ccccc1S2(=O)=O. The average molecular weight is 563 g/mol. The normalized spacial score (nSPS) is 13.8. The van der Waals surface area contributed by atoms with Gasteiger partial charge in [0.2, 0.25) is 9.84 Å². The standard InChI is InChI=1S/C33H22O5S2/c1-38-40(36,37)33-27(21-11-3-2-4-12-21)19-22-13-5-8-16-25(22)31(33)30-24-15-7-6-14-23(24)20-28-26-17-9-10-18-29(26)39(34,35)32(28)30/h2-20H,1H3. The van der Waals surface area contributed by atoms with Crippen LogP contribution in [0.3, 0.4) is 0 Å². The predicted octanol–water partition coefficient (Wildman–Crippen LogP) is 7.48. The van der Waals surface area contributed by atoms with E-state index in [9.17, 15) is 16.8 Å². The van der Waals surface area contributed by atoms with Crippen molar-refractivity contribution in [3.63, 3.8) is 0 Å². The molecular formula is C33H22O5S2. The van der Waals surface area contributed by atoms with Gasteiger partial charge in [0, 0.05) is 27.8 Å². The Labute approximate surface area is 232 Å². The van der Waals surface area contributed by atoms with E-state index in [2.05, 4.69) is 0 Å². The van der Waals surface area contributed by atoms with Crippen molar-refractivity contribution in [1.82, 2.24) is 0 Å². The summed E-state index contributed by atoms with van der Waals surface area (Å²) in [6.07, 6.45) is 0. The lowest BCUT2D eigenvalue weighted by atomic mass is 9.88. The molecule has 40 heavy (non-hydrogen) atoms. The van der Waals surface area contributed by atoms with E-state index in [1.165, 1.54) is 0 Å². The molecule has 7 heteroatoms. The molecule has 6 aromatic rings. The van der Waals surface area contributed by atoms with Gasteiger partial charge in [0.25, 0.3) is 10.1 Å². The first kappa shape index (κ1) is 24.7. The molecule has 196 valence electrons. The molecule has 0 unspecified atom stereocenters. The van der Waals surface area contributed by atoms with E-state index >= 15 is 0 Å². The van der Waals surface area contributed by atoms with Crippen molar-refractivity contribution in [2.45, 2.75) is 14.7 Å². The third kappa shape index (κ3) is 3.48. The summed E-state index contributed by atoms with van der Waals surface area (Å²) in [7, 11) is -7.19. The Bertz CT molecular complexity index is 2220. The zero-order valence-electron chi connectivity index (χ0n) is 21.3. The summed E-state index contributed by atoms with van der Waals surface area (Å²) >= 11 is 0. The summed E-state index contributed by atoms with van der Waals surface area (Å²) in [5.41, 5.74) is 2.93. The first-order valence-corrected chi connectivity index (χ1v) is 15.5. The summed E-state index contributed by atoms with van der Waals surface area (Å²) < 4.78 is 61.4. The summed E-state index contributed by atoms with van der Waals surface area (Å²) in [4.78, 5) is 0.251. The fourth-order valence-electron chi connectivity index (χ4n) is 5.84. The third-order valence-corrected chi connectivity index (χ3v) is 10.8. The minimum atomic E-state index is -4.33. The molecular weight excluding hydrogens is 540 g/mol. The number of benzene rings is 6. The number of rotatable bonds is 4. The van der Waals surface area contributed by atoms with Gasteiger partial charge in [-0.15, -0.1) is 0 Å². The summed E-state index contributed by atoms with van der Waals surface area (Å²) in [5.74, 6) is 0. The Balaban J connectivity index is 1.79. The van der Waals surface area contributed by atoms with Crippen LogP contribution < -0.4 is 0 Å². The molecule has 0 aliphatic carbocycles. The zero-order chi connectivity index (χ0) is 27.6. The minimum absolute atomic E-state index is 0.0652. The topological polar surface area (TPSA) is 77.5 Å². The van der Waals surface area contributed by atoms with Crippen LogP contribution >= 0.6 is 0 Å². The van der Waals surface area contributed by atoms with Crippen molar-refractivity contribution in [2.24, 2.45) is 0 Å². The van der Waals surface area contributed by atoms with Gasteiger partial charge < -0.3 is 0 Å². The molecule has 0 spiro atoms. The lowest BCUT2D eigenvalue weighted by molar-refractivity contribution is 0.398. The Kier molecular flexibility index (Phi) is 5.47. The van der Waals surface area contributed by atoms with Crippen molar-refractivity contribution in [3.8, 4) is 33.4 Å². The molecule has 0 bridgehead atoms. The molecule has 0 amide bonds. The highest BCUT2D eigenvalue weighted by Crippen LogP contribution is 2.53. The third-order valence-electron chi connectivity index (χ3n) is 7.54. The molecule has 0 N–H and O–H groups in total. The van der Waals surface area contributed by atoms with Crippen LogP contribution in [-0.4, -0.2) is 23.9 Å². The summed E-state index contributed by atoms with van der Waals surface area (Å²) in [6, 6.07) is 34.7. The van der Waals surface area contributed by atoms with Crippen LogP contribution in [0.1, 0.15) is 0 Å². The van der Waals surface area contributed by atoms with Gasteiger partial charge in [-0.05, 0) is 45.3 Å². The van der Waals surface area contributed by atoms with Crippen LogP contribution in [0.5, 0.6) is 0 Å². The first-order valence-electron chi connectivity index (χ1n) is 12.7. The summed E-state index contributed by atoms with van der Waals surface area (Å²) in [6.45, 7) is 0. The molecule has 0 fully saturated rings. The fourth-order valence-corrected chi connectivity index (χ4v) is 8.80. The van der Waals surface area contributed by atoms with Crippen molar-refractivity contribution in [1.29, 1.82) is 0 Å². The fraction of sp³-hybridized carbons (Fsp3) is 0.0303. The minimum Gasteiger partial charge on any atom is -0.270 e. The van der Waals surface area contributed by atoms with Crippen LogP contribution in [-0.2, 0) is 24.1 Å². The second kappa shape index (κ2) is 8.86. The van der Waals surface area contributed by atoms with Crippen molar-refractivity contribution in [2.75, 3.05) is 7.11 Å². The molecule has 1 aliphatic heterocycles. The van der Waals surface area contributed by atoms with Crippen LogP contribution in [0.15, 0.2) is 130 Å². The van der Waals surface area contributed by atoms with Gasteiger partial charge >= 0.3 is 0 Å². The predicted molar refractivity (Wildman–Crippen MR) is 157 cm³/mol. The van der Waals surface area contributed by atoms with E-state index in [4.69, 9.17) is 4.18 Å². The number of sulfone groups is 1. The van der Waals surface area contributed by atoms with Gasteiger partial charge in [-0.2, -0.15) is 8.42 Å². The second-order valence-corrected chi connectivity index (χ2v) is 13.2. The van der Waals surface area contributed by atoms with Crippen molar-refractivity contribution in [3.05, 3.63) is 115 Å². The van der Waals surface area contributed by atoms with Crippen molar-refractivity contribution >= 4 is 41.5 Å². The largest absolute Gasteiger partial charge is 0.297 e. The smallest absolute Gasteiger partial charge is 0.270 e. The lowest BCUT2D eigenvalue weighted by Crippen LogP contribution is -2.09. The number of fused-ring (bicyclic) bond motifs is 5. The van der Waals surface area contributed by atoms with Gasteiger partial charge in [0.15, 0.2) is 0 Å². The molecule has 5 nitrogen and oxygen atoms in total. The second-order valence-electron chi connectivity index (χ2n) is 9.69. The van der Waals surface area contributed by atoms with Crippen LogP contribution in [0.2, 0.25) is 0 Å². The van der Waals surface area contributed by atoms with E-state index < -0.39 is 20.0 Å². The average Bonchev–Trinajstić information content (AvgIpc) is 3.21. The highest BCUT2D eigenvalue weighted by Gasteiger charge is 2.39. The van der Waals surface area contributed by atoms with E-state index in [-0.39, 0.29) is 14.7 Å². The maximum absolute atomic E-state index is 14.3. The maximum Gasteiger partial charge on any atom is 0.297 e. The Morgan fingerprint density at radius 1 is 0.600 bits per heavy atom. The van der Waals surface area contributed by atoms with Crippen molar-refractivity contribution < 1.29 is 21.0 Å². The van der Waals surface area contributed by atoms with Crippen LogP contribution in [0, 0.1) is 0 Å². The van der Waals surface area contributed by atoms with E-state index in [0.717, 1.165) is 17.9 Å². The Morgan fingerprint density at radius 2 is 1.15 bits per heavy atom. The molecule has 1 heterocycles. The van der Waals surface area contributed by atoms with Crippen LogP contribution in [0.25, 0.3) is 54.9 Å². The van der Waals surface area contributed by atoms with Gasteiger partial charge in [0.1, 0.15) is 4.90 Å². The van der Waals surface area contributed by atoms with Gasteiger partial charge in [-0.3, -0.25) is 4.18 Å². The Hall–Kier alpha value is -4.30. The summed E-state index contributed by atoms with van der Waals surface area (Å²) in [5, 5.41) is 2.84. The highest BCUT2D eigenvalue weighted by atomic mass is 32.2. The molecule has 7 rings (SSSR count). The van der Waals surface area contributed by atoms with E-state index in [0.29, 0.717) is 44.2 Å². The zero-order valence-corrected chi connectivity index (χ0v) is 23.0. The molecule has 0 saturated heterocycles. The van der Waals surface area contributed by atoms with Gasteiger partial charge in [-0.25, -0.2) is 8.42 Å². The lowest BCUT2D eigenvalue weighted by Gasteiger charge is -2.21. The monoisotopic (exact) mass is 562 g/mol. The Morgan fingerprint density at radius 3 is 1.82 bits per heavy atom. The van der Waals surface area contributed by atoms with Crippen LogP contribution in [0.4, 0.5) is 0 Å². The van der Waals surface area contributed by atoms with E-state index in [1.807, 2.05) is 97.1 Å². The molecule has 0 atom stereocenters.